The Bertz CT molecular complexity index is 658. The molecule has 8 heteroatoms. The van der Waals surface area contributed by atoms with Crippen LogP contribution in [0.15, 0.2) is 24.3 Å². The van der Waals surface area contributed by atoms with E-state index in [9.17, 15) is 8.78 Å². The molecule has 2 aromatic rings. The summed E-state index contributed by atoms with van der Waals surface area (Å²) in [6, 6.07) is 5.88. The van der Waals surface area contributed by atoms with E-state index in [0.29, 0.717) is 23.1 Å². The highest BCUT2D eigenvalue weighted by Crippen LogP contribution is 2.42. The number of nitrogens with zero attached hydrogens (tertiary/aromatic N) is 2. The predicted molar refractivity (Wildman–Crippen MR) is 67.1 cm³/mol. The van der Waals surface area contributed by atoms with Crippen molar-refractivity contribution in [2.45, 2.75) is 13.2 Å². The third kappa shape index (κ3) is 2.40. The van der Waals surface area contributed by atoms with Crippen LogP contribution in [0.2, 0.25) is 0 Å². The molecule has 0 radical (unpaired) electrons. The van der Waals surface area contributed by atoms with Gasteiger partial charge in [0, 0.05) is 17.8 Å². The number of benzene rings is 1. The van der Waals surface area contributed by atoms with Gasteiger partial charge in [0.2, 0.25) is 0 Å². The Morgan fingerprint density at radius 1 is 1.15 bits per heavy atom. The van der Waals surface area contributed by atoms with E-state index in [-0.39, 0.29) is 11.5 Å². The van der Waals surface area contributed by atoms with Gasteiger partial charge in [0.1, 0.15) is 17.5 Å². The second-order valence-electron chi connectivity index (χ2n) is 4.18. The van der Waals surface area contributed by atoms with Crippen LogP contribution in [-0.2, 0) is 0 Å². The lowest BCUT2D eigenvalue weighted by atomic mass is 10.3. The predicted octanol–water partition coefficient (Wildman–Crippen LogP) is 2.43. The number of hydrogen-bond acceptors (Lipinski definition) is 6. The van der Waals surface area contributed by atoms with E-state index in [1.165, 1.54) is 18.2 Å². The Morgan fingerprint density at radius 3 is 2.65 bits per heavy atom. The molecule has 0 aliphatic carbocycles. The molecule has 0 amide bonds. The summed E-state index contributed by atoms with van der Waals surface area (Å²) in [5.41, 5.74) is 6.12. The number of nitrogens with two attached hydrogens (primary N) is 1. The van der Waals surface area contributed by atoms with E-state index in [2.05, 4.69) is 24.8 Å². The first kappa shape index (κ1) is 12.4. The zero-order chi connectivity index (χ0) is 14.3. The number of aromatic nitrogens is 2. The molecule has 0 atom stereocenters. The topological polar surface area (TPSA) is 82.3 Å². The number of hydrogen-bond donors (Lipinski definition) is 2. The minimum atomic E-state index is -3.63. The van der Waals surface area contributed by atoms with Crippen LogP contribution in [0.1, 0.15) is 5.82 Å². The molecule has 0 unspecified atom stereocenters. The first-order valence-corrected chi connectivity index (χ1v) is 5.69. The number of halogens is 2. The lowest BCUT2D eigenvalue weighted by Crippen LogP contribution is -2.25. The maximum atomic E-state index is 12.9. The van der Waals surface area contributed by atoms with E-state index >= 15 is 0 Å². The van der Waals surface area contributed by atoms with E-state index in [1.54, 1.807) is 13.0 Å². The first-order valence-electron chi connectivity index (χ1n) is 5.69. The summed E-state index contributed by atoms with van der Waals surface area (Å²) in [7, 11) is 0. The highest BCUT2D eigenvalue weighted by molar-refractivity contribution is 5.63. The summed E-state index contributed by atoms with van der Waals surface area (Å²) in [6.45, 7) is 1.70. The molecule has 3 N–H and O–H groups in total. The number of rotatable bonds is 2. The number of fused-ring (bicyclic) bond motifs is 1. The lowest BCUT2D eigenvalue weighted by Gasteiger charge is -2.07. The van der Waals surface area contributed by atoms with Crippen LogP contribution < -0.4 is 20.5 Å². The van der Waals surface area contributed by atoms with Crippen LogP contribution in [0.4, 0.5) is 26.1 Å². The Hall–Kier alpha value is -2.64. The molecule has 1 aliphatic rings. The van der Waals surface area contributed by atoms with Crippen LogP contribution >= 0.6 is 0 Å². The van der Waals surface area contributed by atoms with Crippen LogP contribution in [-0.4, -0.2) is 16.3 Å². The Kier molecular flexibility index (Phi) is 2.60. The maximum Gasteiger partial charge on any atom is 0.586 e. The third-order valence-corrected chi connectivity index (χ3v) is 2.53. The quantitative estimate of drug-likeness (QED) is 0.879. The summed E-state index contributed by atoms with van der Waals surface area (Å²) in [6.07, 6.45) is -3.63. The Labute approximate surface area is 112 Å². The van der Waals surface area contributed by atoms with Crippen LogP contribution in [0.25, 0.3) is 0 Å². The van der Waals surface area contributed by atoms with Crippen molar-refractivity contribution >= 4 is 17.3 Å². The number of anilines is 3. The number of nitrogen functional groups attached to an aromatic ring is 1. The minimum Gasteiger partial charge on any atom is -0.395 e. The number of ether oxygens (including phenoxy) is 2. The normalized spacial score (nSPS) is 15.2. The SMILES string of the molecule is Cc1nc(N)cc(Nc2ccc3c(c2)OC(F)(F)O3)n1. The summed E-state index contributed by atoms with van der Waals surface area (Å²) >= 11 is 0. The van der Waals surface area contributed by atoms with Gasteiger partial charge in [-0.15, -0.1) is 8.78 Å². The first-order chi connectivity index (χ1) is 9.41. The maximum absolute atomic E-state index is 12.9. The highest BCUT2D eigenvalue weighted by atomic mass is 19.3. The summed E-state index contributed by atoms with van der Waals surface area (Å²) in [5.74, 6) is 1.21. The number of alkyl halides is 2. The average molecular weight is 280 g/mol. The molecule has 20 heavy (non-hydrogen) atoms. The van der Waals surface area contributed by atoms with E-state index in [1.807, 2.05) is 0 Å². The van der Waals surface area contributed by atoms with Gasteiger partial charge in [0.25, 0.3) is 0 Å². The lowest BCUT2D eigenvalue weighted by molar-refractivity contribution is -0.286. The standard InChI is InChI=1S/C12H10F2N4O2/c1-6-16-10(15)5-11(17-6)18-7-2-3-8-9(4-7)20-12(13,14)19-8/h2-5H,1H3,(H3,15,16,17,18). The monoisotopic (exact) mass is 280 g/mol. The van der Waals surface area contributed by atoms with Crippen molar-refractivity contribution in [1.82, 2.24) is 9.97 Å². The largest absolute Gasteiger partial charge is 0.586 e. The molecule has 1 aliphatic heterocycles. The fourth-order valence-corrected chi connectivity index (χ4v) is 1.83. The molecule has 0 saturated carbocycles. The minimum absolute atomic E-state index is 0.0149. The second-order valence-corrected chi connectivity index (χ2v) is 4.18. The fourth-order valence-electron chi connectivity index (χ4n) is 1.83. The molecule has 0 spiro atoms. The second kappa shape index (κ2) is 4.19. The number of aryl methyl sites for hydroxylation is 1. The van der Waals surface area contributed by atoms with Crippen molar-refractivity contribution in [3.63, 3.8) is 0 Å². The van der Waals surface area contributed by atoms with Crippen molar-refractivity contribution in [2.75, 3.05) is 11.1 Å². The molecule has 1 aromatic carbocycles. The van der Waals surface area contributed by atoms with Crippen LogP contribution in [0.3, 0.4) is 0 Å². The van der Waals surface area contributed by atoms with Gasteiger partial charge in [-0.05, 0) is 19.1 Å². The highest BCUT2D eigenvalue weighted by Gasteiger charge is 2.43. The van der Waals surface area contributed by atoms with Crippen molar-refractivity contribution < 1.29 is 18.3 Å². The van der Waals surface area contributed by atoms with Gasteiger partial charge in [-0.2, -0.15) is 0 Å². The van der Waals surface area contributed by atoms with Crippen molar-refractivity contribution in [1.29, 1.82) is 0 Å². The Morgan fingerprint density at radius 2 is 1.90 bits per heavy atom. The van der Waals surface area contributed by atoms with Gasteiger partial charge in [-0.1, -0.05) is 0 Å². The summed E-state index contributed by atoms with van der Waals surface area (Å²) in [5, 5.41) is 2.93. The summed E-state index contributed by atoms with van der Waals surface area (Å²) in [4.78, 5) is 8.06. The molecule has 2 heterocycles. The molecular formula is C12H10F2N4O2. The zero-order valence-corrected chi connectivity index (χ0v) is 10.4. The molecule has 0 bridgehead atoms. The van der Waals surface area contributed by atoms with Gasteiger partial charge in [-0.25, -0.2) is 9.97 Å². The third-order valence-electron chi connectivity index (χ3n) is 2.53. The van der Waals surface area contributed by atoms with Gasteiger partial charge in [-0.3, -0.25) is 0 Å². The van der Waals surface area contributed by atoms with Crippen LogP contribution in [0.5, 0.6) is 11.5 Å². The molecular weight excluding hydrogens is 270 g/mol. The van der Waals surface area contributed by atoms with Gasteiger partial charge < -0.3 is 20.5 Å². The van der Waals surface area contributed by atoms with E-state index in [0.717, 1.165) is 0 Å². The molecule has 1 aromatic heterocycles. The van der Waals surface area contributed by atoms with Gasteiger partial charge in [0.05, 0.1) is 0 Å². The number of nitrogens with one attached hydrogen (secondary N) is 1. The molecule has 3 rings (SSSR count). The Balaban J connectivity index is 1.86. The molecule has 0 saturated heterocycles. The molecule has 104 valence electrons. The van der Waals surface area contributed by atoms with Crippen molar-refractivity contribution in [3.05, 3.63) is 30.1 Å². The van der Waals surface area contributed by atoms with Crippen molar-refractivity contribution in [2.24, 2.45) is 0 Å². The van der Waals surface area contributed by atoms with Crippen molar-refractivity contribution in [3.8, 4) is 11.5 Å². The smallest absolute Gasteiger partial charge is 0.395 e. The van der Waals surface area contributed by atoms with E-state index < -0.39 is 6.29 Å². The fraction of sp³-hybridized carbons (Fsp3) is 0.167. The molecule has 0 fully saturated rings. The summed E-state index contributed by atoms with van der Waals surface area (Å²) < 4.78 is 34.5. The zero-order valence-electron chi connectivity index (χ0n) is 10.4. The molecule has 6 nitrogen and oxygen atoms in total. The van der Waals surface area contributed by atoms with Gasteiger partial charge >= 0.3 is 6.29 Å². The van der Waals surface area contributed by atoms with Gasteiger partial charge in [0.15, 0.2) is 11.5 Å². The van der Waals surface area contributed by atoms with E-state index in [4.69, 9.17) is 5.73 Å². The van der Waals surface area contributed by atoms with Crippen LogP contribution in [0, 0.1) is 6.92 Å². The average Bonchev–Trinajstić information content (AvgIpc) is 2.60.